The van der Waals surface area contributed by atoms with Crippen LogP contribution in [-0.4, -0.2) is 58.9 Å². The molecule has 274 valence electrons. The lowest BCUT2D eigenvalue weighted by Gasteiger charge is -2.36. The van der Waals surface area contributed by atoms with Gasteiger partial charge in [0.2, 0.25) is 6.41 Å². The third kappa shape index (κ3) is 6.65. The molecule has 0 radical (unpaired) electrons. The first kappa shape index (κ1) is 37.3. The van der Waals surface area contributed by atoms with Crippen molar-refractivity contribution in [2.75, 3.05) is 30.0 Å². The van der Waals surface area contributed by atoms with E-state index in [0.29, 0.717) is 23.7 Å². The molecule has 1 aliphatic rings. The average molecular weight is 744 g/mol. The topological polar surface area (TPSA) is 84.6 Å². The van der Waals surface area contributed by atoms with Crippen LogP contribution in [-0.2, 0) is 18.9 Å². The molecule has 0 saturated carbocycles. The highest BCUT2D eigenvalue weighted by Gasteiger charge is 2.41. The third-order valence-electron chi connectivity index (χ3n) is 10.8. The molecule has 2 aromatic heterocycles. The van der Waals surface area contributed by atoms with E-state index in [-0.39, 0.29) is 23.9 Å². The van der Waals surface area contributed by atoms with E-state index in [2.05, 4.69) is 37.1 Å². The van der Waals surface area contributed by atoms with Crippen molar-refractivity contribution in [2.45, 2.75) is 72.4 Å². The molecule has 2 amide bonds. The van der Waals surface area contributed by atoms with E-state index >= 15 is 0 Å². The molecule has 0 spiro atoms. The zero-order valence-electron chi connectivity index (χ0n) is 31.5. The number of aromatic nitrogens is 3. The number of rotatable bonds is 12. The molecule has 0 saturated heterocycles. The molecule has 5 aromatic rings. The average Bonchev–Trinajstić information content (AvgIpc) is 3.69. The number of nitrogens with zero attached hydrogens (tertiary/aromatic N) is 5. The van der Waals surface area contributed by atoms with Crippen molar-refractivity contribution in [1.82, 2.24) is 19.7 Å². The van der Waals surface area contributed by atoms with E-state index in [1.165, 1.54) is 5.56 Å². The van der Waals surface area contributed by atoms with Crippen LogP contribution in [0.5, 0.6) is 5.75 Å². The van der Waals surface area contributed by atoms with Crippen LogP contribution in [0.3, 0.4) is 0 Å². The number of carbonyl (C=O) groups is 2. The Hall–Kier alpha value is -4.47. The van der Waals surface area contributed by atoms with Crippen LogP contribution in [0.25, 0.3) is 22.0 Å². The summed E-state index contributed by atoms with van der Waals surface area (Å²) < 4.78 is 10.1. The van der Waals surface area contributed by atoms with E-state index in [0.717, 1.165) is 85.9 Å². The Balaban J connectivity index is 1.36. The SMILES string of the molecule is CNC(=O)c1ccc2c(c1)c(N(C=O)C[C@@H](C)N1c3c(ccc(Cl)c3-c3c(C)nn(C)c3C)C(CCCOc3cc(C)c(Cl)c(C)c3)C1C)cn2C. The first-order chi connectivity index (χ1) is 24.8. The number of fused-ring (bicyclic) bond motifs is 2. The van der Waals surface area contributed by atoms with Gasteiger partial charge in [-0.25, -0.2) is 0 Å². The highest BCUT2D eigenvalue weighted by Crippen LogP contribution is 2.52. The predicted molar refractivity (Wildman–Crippen MR) is 213 cm³/mol. The van der Waals surface area contributed by atoms with Gasteiger partial charge in [-0.1, -0.05) is 29.3 Å². The molecule has 0 fully saturated rings. The van der Waals surface area contributed by atoms with Crippen LogP contribution >= 0.6 is 23.2 Å². The third-order valence-corrected chi connectivity index (χ3v) is 11.7. The van der Waals surface area contributed by atoms with Crippen molar-refractivity contribution in [1.29, 1.82) is 0 Å². The number of hydrogen-bond acceptors (Lipinski definition) is 5. The van der Waals surface area contributed by atoms with Gasteiger partial charge >= 0.3 is 0 Å². The summed E-state index contributed by atoms with van der Waals surface area (Å²) in [6.45, 7) is 13.5. The summed E-state index contributed by atoms with van der Waals surface area (Å²) >= 11 is 13.5. The summed E-state index contributed by atoms with van der Waals surface area (Å²) in [5, 5.41) is 9.74. The van der Waals surface area contributed by atoms with Crippen molar-refractivity contribution in [3.8, 4) is 16.9 Å². The summed E-state index contributed by atoms with van der Waals surface area (Å²) in [6, 6.07) is 13.7. The fourth-order valence-electron chi connectivity index (χ4n) is 8.15. The molecule has 3 aromatic carbocycles. The van der Waals surface area contributed by atoms with Gasteiger partial charge in [0.25, 0.3) is 5.91 Å². The second-order valence-corrected chi connectivity index (χ2v) is 15.0. The van der Waals surface area contributed by atoms with E-state index in [4.69, 9.17) is 33.0 Å². The first-order valence-corrected chi connectivity index (χ1v) is 18.6. The van der Waals surface area contributed by atoms with Gasteiger partial charge in [0.1, 0.15) is 5.75 Å². The molecule has 0 bridgehead atoms. The lowest BCUT2D eigenvalue weighted by Crippen LogP contribution is -2.45. The highest BCUT2D eigenvalue weighted by molar-refractivity contribution is 6.34. The van der Waals surface area contributed by atoms with Crippen LogP contribution in [0.4, 0.5) is 11.4 Å². The Labute approximate surface area is 316 Å². The molecule has 2 unspecified atom stereocenters. The van der Waals surface area contributed by atoms with E-state index in [1.807, 2.05) is 80.6 Å². The number of anilines is 2. The molecule has 3 atom stereocenters. The van der Waals surface area contributed by atoms with Crippen molar-refractivity contribution in [3.63, 3.8) is 0 Å². The summed E-state index contributed by atoms with van der Waals surface area (Å²) in [4.78, 5) is 29.7. The highest BCUT2D eigenvalue weighted by atomic mass is 35.5. The van der Waals surface area contributed by atoms with Crippen molar-refractivity contribution in [2.24, 2.45) is 14.1 Å². The molecule has 52 heavy (non-hydrogen) atoms. The zero-order chi connectivity index (χ0) is 37.6. The lowest BCUT2D eigenvalue weighted by molar-refractivity contribution is -0.107. The summed E-state index contributed by atoms with van der Waals surface area (Å²) in [5.74, 6) is 0.849. The number of amides is 2. The Bertz CT molecular complexity index is 2150. The number of aryl methyl sites for hydroxylation is 5. The second kappa shape index (κ2) is 14.9. The lowest BCUT2D eigenvalue weighted by atomic mass is 9.89. The molecular formula is C41H48Cl2N6O3. The molecule has 6 rings (SSSR count). The fraction of sp³-hybridized carbons (Fsp3) is 0.390. The number of benzene rings is 3. The van der Waals surface area contributed by atoms with Gasteiger partial charge in [-0.05, 0) is 107 Å². The molecular weight excluding hydrogens is 695 g/mol. The minimum absolute atomic E-state index is 0.0976. The van der Waals surface area contributed by atoms with Gasteiger partial charge in [0.15, 0.2) is 0 Å². The van der Waals surface area contributed by atoms with Crippen molar-refractivity contribution >= 4 is 57.8 Å². The minimum atomic E-state index is -0.176. The minimum Gasteiger partial charge on any atom is -0.494 e. The Morgan fingerprint density at radius 1 is 1.06 bits per heavy atom. The van der Waals surface area contributed by atoms with Crippen molar-refractivity contribution < 1.29 is 14.3 Å². The van der Waals surface area contributed by atoms with Crippen LogP contribution in [0.15, 0.2) is 48.7 Å². The smallest absolute Gasteiger partial charge is 0.251 e. The zero-order valence-corrected chi connectivity index (χ0v) is 33.0. The molecule has 0 aliphatic carbocycles. The number of nitrogens with one attached hydrogen (secondary N) is 1. The number of carbonyl (C=O) groups excluding carboxylic acids is 2. The van der Waals surface area contributed by atoms with Crippen molar-refractivity contribution in [3.05, 3.63) is 92.3 Å². The molecule has 11 heteroatoms. The van der Waals surface area contributed by atoms with Gasteiger partial charge in [-0.2, -0.15) is 5.10 Å². The van der Waals surface area contributed by atoms with Crippen LogP contribution < -0.4 is 19.9 Å². The summed E-state index contributed by atoms with van der Waals surface area (Å²) in [6.07, 6.45) is 4.60. The van der Waals surface area contributed by atoms with Gasteiger partial charge in [0.05, 0.1) is 28.7 Å². The maximum Gasteiger partial charge on any atom is 0.251 e. The Morgan fingerprint density at radius 3 is 2.40 bits per heavy atom. The number of hydrogen-bond donors (Lipinski definition) is 1. The van der Waals surface area contributed by atoms with E-state index in [1.54, 1.807) is 18.0 Å². The number of ether oxygens (including phenoxy) is 1. The van der Waals surface area contributed by atoms with Crippen LogP contribution in [0.1, 0.15) is 71.0 Å². The van der Waals surface area contributed by atoms with Gasteiger partial charge in [-0.15, -0.1) is 0 Å². The summed E-state index contributed by atoms with van der Waals surface area (Å²) in [5.41, 5.74) is 10.5. The molecule has 1 N–H and O–H groups in total. The molecule has 9 nitrogen and oxygen atoms in total. The van der Waals surface area contributed by atoms with Crippen LogP contribution in [0.2, 0.25) is 10.0 Å². The number of halogens is 2. The predicted octanol–water partition coefficient (Wildman–Crippen LogP) is 8.68. The monoisotopic (exact) mass is 742 g/mol. The van der Waals surface area contributed by atoms with Gasteiger partial charge in [-0.3, -0.25) is 14.3 Å². The quantitative estimate of drug-likeness (QED) is 0.102. The standard InChI is InChI=1S/C41H48Cl2N6O3/c1-23-17-30(18-24(2)39(23)43)52-16-10-11-31-27(5)49(40-32(31)13-14-34(42)38(40)37-26(4)45-47(9)28(37)6)25(3)20-48(22-50)36-21-46(8)35-15-12-29(19-33(35)36)41(51)44-7/h12-15,17-19,21-22,25,27,31H,10-11,16,20H2,1-9H3,(H,44,51)/t25-,27?,31?/m1/s1. The molecule has 3 heterocycles. The van der Waals surface area contributed by atoms with E-state index < -0.39 is 0 Å². The maximum absolute atomic E-state index is 12.9. The first-order valence-electron chi connectivity index (χ1n) is 17.8. The van der Waals surface area contributed by atoms with Gasteiger partial charge < -0.3 is 24.4 Å². The Kier molecular flexibility index (Phi) is 10.7. The largest absolute Gasteiger partial charge is 0.494 e. The Morgan fingerprint density at radius 2 is 1.77 bits per heavy atom. The summed E-state index contributed by atoms with van der Waals surface area (Å²) in [7, 11) is 5.52. The fourth-order valence-corrected chi connectivity index (χ4v) is 8.50. The normalized spacial score (nSPS) is 15.9. The maximum atomic E-state index is 12.9. The van der Waals surface area contributed by atoms with Crippen LogP contribution in [0, 0.1) is 27.7 Å². The van der Waals surface area contributed by atoms with Gasteiger partial charge in [0, 0.05) is 90.2 Å². The molecule has 1 aliphatic heterocycles. The second-order valence-electron chi connectivity index (χ2n) is 14.2. The van der Waals surface area contributed by atoms with E-state index in [9.17, 15) is 9.59 Å².